The number of nitrogens with one attached hydrogen (secondary N) is 1. The molecule has 5 rings (SSSR count). The van der Waals surface area contributed by atoms with Crippen molar-refractivity contribution in [2.24, 2.45) is 0 Å². The van der Waals surface area contributed by atoms with Crippen LogP contribution in [0.4, 0.5) is 5.69 Å². The quantitative estimate of drug-likeness (QED) is 0.180. The van der Waals surface area contributed by atoms with E-state index in [1.165, 1.54) is 0 Å². The minimum absolute atomic E-state index is 0.0433. The summed E-state index contributed by atoms with van der Waals surface area (Å²) in [5, 5.41) is 5.86. The SMILES string of the molecule is CC[C@@H](C)NC(=O)[C@@H](Cc1ccccc1)N(Cc1ccc(Cl)c(Cl)c1)C(=O)CCCN1C(=O)c2cccc3cccc1c23. The van der Waals surface area contributed by atoms with Crippen molar-refractivity contribution in [2.45, 2.75) is 58.2 Å². The van der Waals surface area contributed by atoms with Crippen LogP contribution in [0.3, 0.4) is 0 Å². The molecule has 4 aromatic rings. The van der Waals surface area contributed by atoms with Crippen LogP contribution in [-0.2, 0) is 22.6 Å². The normalized spacial score (nSPS) is 13.7. The summed E-state index contributed by atoms with van der Waals surface area (Å²) in [6.07, 6.45) is 1.73. The van der Waals surface area contributed by atoms with Crippen molar-refractivity contribution in [3.63, 3.8) is 0 Å². The van der Waals surface area contributed by atoms with Crippen LogP contribution >= 0.6 is 23.2 Å². The van der Waals surface area contributed by atoms with Crippen LogP contribution in [-0.4, -0.2) is 41.2 Å². The maximum absolute atomic E-state index is 14.0. The van der Waals surface area contributed by atoms with Crippen LogP contribution in [0.1, 0.15) is 54.6 Å². The number of anilines is 1. The molecule has 4 aromatic carbocycles. The molecule has 222 valence electrons. The van der Waals surface area contributed by atoms with E-state index in [9.17, 15) is 14.4 Å². The van der Waals surface area contributed by atoms with E-state index in [-0.39, 0.29) is 36.7 Å². The Morgan fingerprint density at radius 2 is 1.65 bits per heavy atom. The summed E-state index contributed by atoms with van der Waals surface area (Å²) in [6.45, 7) is 4.54. The molecule has 0 radical (unpaired) electrons. The van der Waals surface area contributed by atoms with Crippen LogP contribution in [0.25, 0.3) is 10.8 Å². The molecule has 0 aliphatic carbocycles. The molecular formula is C35H35Cl2N3O3. The summed E-state index contributed by atoms with van der Waals surface area (Å²) in [5.41, 5.74) is 3.28. The second-order valence-electron chi connectivity index (χ2n) is 11.0. The van der Waals surface area contributed by atoms with Gasteiger partial charge < -0.3 is 15.1 Å². The van der Waals surface area contributed by atoms with E-state index in [0.29, 0.717) is 35.0 Å². The predicted octanol–water partition coefficient (Wildman–Crippen LogP) is 7.44. The molecule has 0 unspecified atom stereocenters. The van der Waals surface area contributed by atoms with Crippen molar-refractivity contribution in [3.8, 4) is 0 Å². The maximum Gasteiger partial charge on any atom is 0.258 e. The van der Waals surface area contributed by atoms with Crippen molar-refractivity contribution in [2.75, 3.05) is 11.4 Å². The summed E-state index contributed by atoms with van der Waals surface area (Å²) in [4.78, 5) is 44.4. The van der Waals surface area contributed by atoms with Crippen LogP contribution < -0.4 is 10.2 Å². The van der Waals surface area contributed by atoms with Crippen molar-refractivity contribution in [3.05, 3.63) is 112 Å². The van der Waals surface area contributed by atoms with Crippen LogP contribution in [0, 0.1) is 0 Å². The molecular weight excluding hydrogens is 581 g/mol. The molecule has 2 atom stereocenters. The van der Waals surface area contributed by atoms with Gasteiger partial charge in [-0.2, -0.15) is 0 Å². The zero-order valence-electron chi connectivity index (χ0n) is 24.4. The Hall–Kier alpha value is -3.87. The van der Waals surface area contributed by atoms with Crippen molar-refractivity contribution in [1.82, 2.24) is 10.2 Å². The fourth-order valence-electron chi connectivity index (χ4n) is 5.56. The Morgan fingerprint density at radius 3 is 2.37 bits per heavy atom. The molecule has 6 nitrogen and oxygen atoms in total. The Kier molecular flexibility index (Phi) is 9.69. The molecule has 43 heavy (non-hydrogen) atoms. The summed E-state index contributed by atoms with van der Waals surface area (Å²) < 4.78 is 0. The molecule has 3 amide bonds. The van der Waals surface area contributed by atoms with Crippen molar-refractivity contribution < 1.29 is 14.4 Å². The van der Waals surface area contributed by atoms with Gasteiger partial charge in [0.15, 0.2) is 0 Å². The van der Waals surface area contributed by atoms with Gasteiger partial charge in [0.2, 0.25) is 11.8 Å². The van der Waals surface area contributed by atoms with E-state index in [0.717, 1.165) is 34.0 Å². The fraction of sp³-hybridized carbons (Fsp3) is 0.286. The highest BCUT2D eigenvalue weighted by Crippen LogP contribution is 2.37. The predicted molar refractivity (Wildman–Crippen MR) is 174 cm³/mol. The van der Waals surface area contributed by atoms with Gasteiger partial charge in [-0.15, -0.1) is 0 Å². The first-order valence-corrected chi connectivity index (χ1v) is 15.4. The molecule has 1 N–H and O–H groups in total. The lowest BCUT2D eigenvalue weighted by Gasteiger charge is -2.32. The van der Waals surface area contributed by atoms with E-state index < -0.39 is 6.04 Å². The van der Waals surface area contributed by atoms with Crippen LogP contribution in [0.5, 0.6) is 0 Å². The minimum atomic E-state index is -0.746. The van der Waals surface area contributed by atoms with E-state index >= 15 is 0 Å². The number of rotatable bonds is 12. The number of halogens is 2. The number of hydrogen-bond donors (Lipinski definition) is 1. The summed E-state index contributed by atoms with van der Waals surface area (Å²) in [6, 6.07) is 25.8. The zero-order valence-corrected chi connectivity index (χ0v) is 25.9. The number of carbonyl (C=O) groups is 3. The van der Waals surface area contributed by atoms with Gasteiger partial charge in [-0.25, -0.2) is 0 Å². The molecule has 0 saturated heterocycles. The van der Waals surface area contributed by atoms with E-state index in [1.807, 2.05) is 86.6 Å². The number of benzene rings is 4. The van der Waals surface area contributed by atoms with Gasteiger partial charge in [0.25, 0.3) is 5.91 Å². The van der Waals surface area contributed by atoms with E-state index in [4.69, 9.17) is 23.2 Å². The lowest BCUT2D eigenvalue weighted by atomic mass is 10.0. The standard InChI is InChI=1S/C35H35Cl2N3O3/c1-3-23(2)38-34(42)31(21-24-10-5-4-6-11-24)40(22-25-17-18-28(36)29(37)20-25)32(41)16-9-19-39-30-15-8-13-26-12-7-14-27(33(26)30)35(39)43/h4-8,10-15,17-18,20,23,31H,3,9,16,19,21-22H2,1-2H3,(H,38,42)/t23-,31-/m1/s1. The Labute approximate surface area is 262 Å². The molecule has 0 bridgehead atoms. The minimum Gasteiger partial charge on any atom is -0.352 e. The van der Waals surface area contributed by atoms with E-state index in [1.54, 1.807) is 21.9 Å². The Bertz CT molecular complexity index is 1640. The Morgan fingerprint density at radius 1 is 0.907 bits per heavy atom. The maximum atomic E-state index is 14.0. The van der Waals surface area contributed by atoms with Gasteiger partial charge >= 0.3 is 0 Å². The monoisotopic (exact) mass is 615 g/mol. The molecule has 0 spiro atoms. The Balaban J connectivity index is 1.39. The first-order chi connectivity index (χ1) is 20.8. The zero-order chi connectivity index (χ0) is 30.5. The molecule has 0 aromatic heterocycles. The first kappa shape index (κ1) is 30.6. The van der Waals surface area contributed by atoms with Crippen LogP contribution in [0.15, 0.2) is 84.9 Å². The third-order valence-corrected chi connectivity index (χ3v) is 8.77. The second kappa shape index (κ2) is 13.6. The highest BCUT2D eigenvalue weighted by molar-refractivity contribution is 6.42. The number of hydrogen-bond acceptors (Lipinski definition) is 3. The largest absolute Gasteiger partial charge is 0.352 e. The molecule has 1 aliphatic heterocycles. The van der Waals surface area contributed by atoms with Gasteiger partial charge in [-0.3, -0.25) is 14.4 Å². The van der Waals surface area contributed by atoms with Gasteiger partial charge in [-0.05, 0) is 60.5 Å². The van der Waals surface area contributed by atoms with E-state index in [2.05, 4.69) is 5.32 Å². The van der Waals surface area contributed by atoms with Crippen molar-refractivity contribution in [1.29, 1.82) is 0 Å². The average molecular weight is 617 g/mol. The van der Waals surface area contributed by atoms with Gasteiger partial charge in [-0.1, -0.05) is 90.8 Å². The smallest absolute Gasteiger partial charge is 0.258 e. The lowest BCUT2D eigenvalue weighted by Crippen LogP contribution is -2.52. The molecule has 0 saturated carbocycles. The van der Waals surface area contributed by atoms with Gasteiger partial charge in [0.1, 0.15) is 6.04 Å². The first-order valence-electron chi connectivity index (χ1n) is 14.7. The third-order valence-electron chi connectivity index (χ3n) is 8.03. The summed E-state index contributed by atoms with van der Waals surface area (Å²) in [7, 11) is 0. The topological polar surface area (TPSA) is 69.7 Å². The van der Waals surface area contributed by atoms with Crippen molar-refractivity contribution >= 4 is 57.4 Å². The number of amides is 3. The van der Waals surface area contributed by atoms with Crippen LogP contribution in [0.2, 0.25) is 10.0 Å². The lowest BCUT2D eigenvalue weighted by molar-refractivity contribution is -0.141. The molecule has 8 heteroatoms. The summed E-state index contributed by atoms with van der Waals surface area (Å²) in [5.74, 6) is -0.432. The average Bonchev–Trinajstić information content (AvgIpc) is 3.29. The number of nitrogens with zero attached hydrogens (tertiary/aromatic N) is 2. The fourth-order valence-corrected chi connectivity index (χ4v) is 5.88. The highest BCUT2D eigenvalue weighted by atomic mass is 35.5. The molecule has 1 aliphatic rings. The second-order valence-corrected chi connectivity index (χ2v) is 11.8. The molecule has 0 fully saturated rings. The molecule has 1 heterocycles. The summed E-state index contributed by atoms with van der Waals surface area (Å²) >= 11 is 12.5. The number of carbonyl (C=O) groups excluding carboxylic acids is 3. The third kappa shape index (κ3) is 6.87. The highest BCUT2D eigenvalue weighted by Gasteiger charge is 2.32. The van der Waals surface area contributed by atoms with Gasteiger partial charge in [0.05, 0.1) is 15.7 Å². The van der Waals surface area contributed by atoms with Gasteiger partial charge in [0, 0.05) is 42.9 Å².